The smallest absolute Gasteiger partial charge is 0.270 e. The molecule has 0 aliphatic heterocycles. The Bertz CT molecular complexity index is 1120. The molecule has 174 valence electrons. The van der Waals surface area contributed by atoms with E-state index in [9.17, 15) is 29.8 Å². The van der Waals surface area contributed by atoms with Crippen molar-refractivity contribution in [3.63, 3.8) is 0 Å². The maximum Gasteiger partial charge on any atom is 0.270 e. The number of nitrogens with one attached hydrogen (secondary N) is 2. The molecule has 0 amide bonds. The number of non-ortho nitro benzene ring substituents is 2. The molecule has 3 aromatic rings. The summed E-state index contributed by atoms with van der Waals surface area (Å²) in [4.78, 5) is 45.1. The molecular formula is C24H22N4O6. The molecule has 3 rings (SSSR count). The molecule has 34 heavy (non-hydrogen) atoms. The summed E-state index contributed by atoms with van der Waals surface area (Å²) in [6, 6.07) is 18.6. The summed E-state index contributed by atoms with van der Waals surface area (Å²) in [7, 11) is 0. The Hall–Kier alpha value is -4.60. The minimum atomic E-state index is -0.533. The highest BCUT2D eigenvalue weighted by Crippen LogP contribution is 2.17. The van der Waals surface area contributed by atoms with Crippen molar-refractivity contribution in [1.82, 2.24) is 0 Å². The number of hydrogen-bond donors (Lipinski definition) is 2. The van der Waals surface area contributed by atoms with Gasteiger partial charge in [-0.15, -0.1) is 0 Å². The van der Waals surface area contributed by atoms with Gasteiger partial charge in [0.15, 0.2) is 11.6 Å². The average Bonchev–Trinajstić information content (AvgIpc) is 2.85. The van der Waals surface area contributed by atoms with Crippen molar-refractivity contribution in [3.8, 4) is 0 Å². The Kier molecular flexibility index (Phi) is 8.01. The van der Waals surface area contributed by atoms with Gasteiger partial charge in [0.2, 0.25) is 0 Å². The van der Waals surface area contributed by atoms with Crippen LogP contribution in [0.5, 0.6) is 0 Å². The summed E-state index contributed by atoms with van der Waals surface area (Å²) >= 11 is 0. The summed E-state index contributed by atoms with van der Waals surface area (Å²) < 4.78 is 0. The number of carbonyl (C=O) groups is 2. The fourth-order valence-corrected chi connectivity index (χ4v) is 3.22. The van der Waals surface area contributed by atoms with E-state index in [-0.39, 0.29) is 35.8 Å². The number of rotatable bonds is 12. The van der Waals surface area contributed by atoms with E-state index in [1.807, 2.05) is 24.3 Å². The Balaban J connectivity index is 1.43. The molecule has 0 bridgehead atoms. The highest BCUT2D eigenvalue weighted by molar-refractivity contribution is 5.97. The van der Waals surface area contributed by atoms with Crippen LogP contribution in [0.25, 0.3) is 0 Å². The lowest BCUT2D eigenvalue weighted by molar-refractivity contribution is -0.385. The van der Waals surface area contributed by atoms with E-state index in [4.69, 9.17) is 0 Å². The van der Waals surface area contributed by atoms with Gasteiger partial charge >= 0.3 is 0 Å². The van der Waals surface area contributed by atoms with E-state index < -0.39 is 9.85 Å². The molecule has 0 radical (unpaired) electrons. The van der Waals surface area contributed by atoms with Crippen LogP contribution in [0, 0.1) is 20.2 Å². The molecule has 0 spiro atoms. The van der Waals surface area contributed by atoms with Gasteiger partial charge in [-0.3, -0.25) is 29.8 Å². The van der Waals surface area contributed by atoms with Crippen LogP contribution < -0.4 is 10.6 Å². The van der Waals surface area contributed by atoms with Gasteiger partial charge in [-0.25, -0.2) is 0 Å². The van der Waals surface area contributed by atoms with Crippen LogP contribution in [0.3, 0.4) is 0 Å². The first-order valence-corrected chi connectivity index (χ1v) is 10.5. The number of ketones is 2. The minimum Gasteiger partial charge on any atom is -0.385 e. The van der Waals surface area contributed by atoms with Crippen molar-refractivity contribution < 1.29 is 19.4 Å². The standard InChI is InChI=1S/C24H22N4O6/c29-23(17-3-1-5-21(15-17)27(31)32)11-13-25-19-7-9-20(10-8-19)26-14-12-24(30)18-4-2-6-22(16-18)28(33)34/h1-10,15-16,25-26H,11-14H2. The SMILES string of the molecule is O=C(CCNc1ccc(NCCC(=O)c2cccc([N+](=O)[O-])c2)cc1)c1cccc([N+](=O)[O-])c1. The molecule has 3 aromatic carbocycles. The highest BCUT2D eigenvalue weighted by atomic mass is 16.6. The first-order chi connectivity index (χ1) is 16.3. The molecule has 10 nitrogen and oxygen atoms in total. The molecule has 0 aliphatic carbocycles. The number of nitro groups is 2. The normalized spacial score (nSPS) is 10.4. The zero-order valence-corrected chi connectivity index (χ0v) is 18.1. The summed E-state index contributed by atoms with van der Waals surface area (Å²) in [5.41, 5.74) is 1.96. The molecule has 0 saturated heterocycles. The molecule has 0 saturated carbocycles. The van der Waals surface area contributed by atoms with Crippen LogP contribution in [-0.2, 0) is 0 Å². The minimum absolute atomic E-state index is 0.117. The van der Waals surface area contributed by atoms with Gasteiger partial charge in [0.25, 0.3) is 11.4 Å². The lowest BCUT2D eigenvalue weighted by Gasteiger charge is -2.09. The zero-order chi connectivity index (χ0) is 24.5. The number of carbonyl (C=O) groups excluding carboxylic acids is 2. The molecule has 0 aliphatic rings. The van der Waals surface area contributed by atoms with Crippen molar-refractivity contribution >= 4 is 34.3 Å². The van der Waals surface area contributed by atoms with Crippen LogP contribution in [0.15, 0.2) is 72.8 Å². The van der Waals surface area contributed by atoms with Crippen molar-refractivity contribution in [1.29, 1.82) is 0 Å². The van der Waals surface area contributed by atoms with E-state index in [1.165, 1.54) is 36.4 Å². The monoisotopic (exact) mass is 462 g/mol. The van der Waals surface area contributed by atoms with Gasteiger partial charge in [-0.1, -0.05) is 24.3 Å². The lowest BCUT2D eigenvalue weighted by Crippen LogP contribution is -2.10. The van der Waals surface area contributed by atoms with Crippen molar-refractivity contribution in [2.45, 2.75) is 12.8 Å². The summed E-state index contributed by atoms with van der Waals surface area (Å²) in [5, 5.41) is 27.9. The zero-order valence-electron chi connectivity index (χ0n) is 18.1. The van der Waals surface area contributed by atoms with Crippen molar-refractivity contribution in [3.05, 3.63) is 104 Å². The van der Waals surface area contributed by atoms with Gasteiger partial charge in [0.05, 0.1) is 9.85 Å². The second-order valence-corrected chi connectivity index (χ2v) is 7.39. The van der Waals surface area contributed by atoms with Crippen molar-refractivity contribution in [2.75, 3.05) is 23.7 Å². The molecule has 0 fully saturated rings. The second kappa shape index (κ2) is 11.3. The average molecular weight is 462 g/mol. The predicted molar refractivity (Wildman–Crippen MR) is 128 cm³/mol. The third-order valence-corrected chi connectivity index (χ3v) is 5.01. The van der Waals surface area contributed by atoms with Crippen LogP contribution in [0.1, 0.15) is 33.6 Å². The largest absolute Gasteiger partial charge is 0.385 e. The van der Waals surface area contributed by atoms with Gasteiger partial charge < -0.3 is 10.6 Å². The number of benzene rings is 3. The second-order valence-electron chi connectivity index (χ2n) is 7.39. The molecule has 0 atom stereocenters. The Labute approximate surface area is 194 Å². The Morgan fingerprint density at radius 2 is 1.03 bits per heavy atom. The van der Waals surface area contributed by atoms with Gasteiger partial charge in [-0.2, -0.15) is 0 Å². The molecule has 10 heteroatoms. The van der Waals surface area contributed by atoms with E-state index in [2.05, 4.69) is 10.6 Å². The third-order valence-electron chi connectivity index (χ3n) is 5.01. The Morgan fingerprint density at radius 1 is 0.647 bits per heavy atom. The van der Waals surface area contributed by atoms with Crippen LogP contribution in [0.2, 0.25) is 0 Å². The van der Waals surface area contributed by atoms with Gasteiger partial charge in [0, 0.05) is 72.7 Å². The van der Waals surface area contributed by atoms with Gasteiger partial charge in [0.1, 0.15) is 0 Å². The molecule has 0 unspecified atom stereocenters. The molecule has 0 heterocycles. The summed E-state index contributed by atoms with van der Waals surface area (Å²) in [5.74, 6) is -0.384. The van der Waals surface area contributed by atoms with Crippen molar-refractivity contribution in [2.24, 2.45) is 0 Å². The van der Waals surface area contributed by atoms with Crippen LogP contribution >= 0.6 is 0 Å². The summed E-state index contributed by atoms with van der Waals surface area (Å²) in [6.45, 7) is 0.734. The number of Topliss-reactive ketones (excluding diaryl/α,β-unsaturated/α-hetero) is 2. The highest BCUT2D eigenvalue weighted by Gasteiger charge is 2.12. The number of hydrogen-bond acceptors (Lipinski definition) is 8. The summed E-state index contributed by atoms with van der Waals surface area (Å²) in [6.07, 6.45) is 0.363. The van der Waals surface area contributed by atoms with Gasteiger partial charge in [-0.05, 0) is 24.3 Å². The number of anilines is 2. The van der Waals surface area contributed by atoms with Crippen LogP contribution in [0.4, 0.5) is 22.7 Å². The van der Waals surface area contributed by atoms with E-state index in [0.29, 0.717) is 24.2 Å². The fraction of sp³-hybridized carbons (Fsp3) is 0.167. The van der Waals surface area contributed by atoms with E-state index >= 15 is 0 Å². The molecule has 0 aromatic heterocycles. The number of nitrogens with zero attached hydrogens (tertiary/aromatic N) is 2. The lowest BCUT2D eigenvalue weighted by atomic mass is 10.1. The van der Waals surface area contributed by atoms with E-state index in [0.717, 1.165) is 11.4 Å². The first-order valence-electron chi connectivity index (χ1n) is 10.5. The molecule has 2 N–H and O–H groups in total. The fourth-order valence-electron chi connectivity index (χ4n) is 3.22. The maximum absolute atomic E-state index is 12.3. The number of nitro benzene ring substituents is 2. The quantitative estimate of drug-likeness (QED) is 0.220. The molecular weight excluding hydrogens is 440 g/mol. The first kappa shape index (κ1) is 24.1. The van der Waals surface area contributed by atoms with Crippen LogP contribution in [-0.4, -0.2) is 34.5 Å². The Morgan fingerprint density at radius 3 is 1.38 bits per heavy atom. The topological polar surface area (TPSA) is 144 Å². The predicted octanol–water partition coefficient (Wildman–Crippen LogP) is 4.87. The van der Waals surface area contributed by atoms with E-state index in [1.54, 1.807) is 12.1 Å². The third kappa shape index (κ3) is 6.70. The maximum atomic E-state index is 12.3.